The van der Waals surface area contributed by atoms with Crippen LogP contribution in [-0.4, -0.2) is 0 Å². The summed E-state index contributed by atoms with van der Waals surface area (Å²) in [6.45, 7) is 3.65. The summed E-state index contributed by atoms with van der Waals surface area (Å²) >= 11 is 0. The van der Waals surface area contributed by atoms with Gasteiger partial charge in [0.05, 0.1) is 0 Å². The summed E-state index contributed by atoms with van der Waals surface area (Å²) in [6, 6.07) is 0. The second-order valence-corrected chi connectivity index (χ2v) is 1.38. The Morgan fingerprint density at radius 2 is 2.25 bits per heavy atom. The maximum absolute atomic E-state index is 6.40. The molecule has 0 aromatic carbocycles. The van der Waals surface area contributed by atoms with E-state index in [0.29, 0.717) is 0 Å². The van der Waals surface area contributed by atoms with E-state index in [0.717, 1.165) is 19.3 Å². The molecule has 0 spiro atoms. The molecule has 0 aromatic heterocycles. The summed E-state index contributed by atoms with van der Waals surface area (Å²) in [5.41, 5.74) is 0. The second kappa shape index (κ2) is 6.34. The molecule has 0 heterocycles. The summed E-state index contributed by atoms with van der Waals surface area (Å²) in [7, 11) is 0. The van der Waals surface area contributed by atoms with Crippen LogP contribution in [0, 0.1) is 31.1 Å². The third kappa shape index (κ3) is 5.34. The van der Waals surface area contributed by atoms with Crippen molar-refractivity contribution in [1.82, 2.24) is 0 Å². The third-order valence-electron chi connectivity index (χ3n) is 0.703. The Hall–Kier alpha value is -0.660. The van der Waals surface area contributed by atoms with Gasteiger partial charge in [-0.05, 0) is 0 Å². The van der Waals surface area contributed by atoms with Gasteiger partial charge in [0.25, 0.3) is 0 Å². The van der Waals surface area contributed by atoms with E-state index >= 15 is 0 Å². The van der Waals surface area contributed by atoms with Crippen molar-refractivity contribution in [3.8, 4) is 17.8 Å². The van der Waals surface area contributed by atoms with Crippen LogP contribution in [0.15, 0.2) is 0 Å². The summed E-state index contributed by atoms with van der Waals surface area (Å²) in [5, 5.41) is 0. The molecular formula is C8H8. The summed E-state index contributed by atoms with van der Waals surface area (Å²) in [6.07, 6.45) is 9.19. The number of hydrogen-bond donors (Lipinski definition) is 0. The molecule has 0 nitrogen and oxygen atoms in total. The zero-order chi connectivity index (χ0) is 6.24. The van der Waals surface area contributed by atoms with Gasteiger partial charge in [0.2, 0.25) is 0 Å². The number of rotatable bonds is 2. The predicted octanol–water partition coefficient (Wildman–Crippen LogP) is 1.58. The Bertz CT molecular complexity index is 126. The van der Waals surface area contributed by atoms with Crippen molar-refractivity contribution in [1.29, 1.82) is 0 Å². The van der Waals surface area contributed by atoms with E-state index < -0.39 is 0 Å². The van der Waals surface area contributed by atoms with Gasteiger partial charge in [-0.3, -0.25) is 0 Å². The van der Waals surface area contributed by atoms with Crippen molar-refractivity contribution in [2.75, 3.05) is 0 Å². The van der Waals surface area contributed by atoms with E-state index in [1.54, 1.807) is 0 Å². The van der Waals surface area contributed by atoms with E-state index in [1.165, 1.54) is 0 Å². The first-order chi connectivity index (χ1) is 3.91. The van der Waals surface area contributed by atoms with Gasteiger partial charge in [0.1, 0.15) is 0 Å². The van der Waals surface area contributed by atoms with Crippen LogP contribution in [0.4, 0.5) is 0 Å². The fourth-order valence-corrected chi connectivity index (χ4v) is 0.320. The molecule has 0 aliphatic heterocycles. The molecule has 0 rings (SSSR count). The van der Waals surface area contributed by atoms with Crippen LogP contribution in [-0.2, 0) is 0 Å². The van der Waals surface area contributed by atoms with Gasteiger partial charge in [0.15, 0.2) is 0 Å². The summed E-state index contributed by atoms with van der Waals surface area (Å²) in [4.78, 5) is 0. The Morgan fingerprint density at radius 3 is 2.75 bits per heavy atom. The first-order valence-electron chi connectivity index (χ1n) is 2.60. The van der Waals surface area contributed by atoms with E-state index in [9.17, 15) is 0 Å². The van der Waals surface area contributed by atoms with E-state index in [1.807, 2.05) is 5.92 Å². The van der Waals surface area contributed by atoms with Crippen LogP contribution < -0.4 is 0 Å². The molecule has 8 heavy (non-hydrogen) atoms. The average molecular weight is 104 g/mol. The molecule has 0 N–H and O–H groups in total. The predicted molar refractivity (Wildman–Crippen MR) is 34.1 cm³/mol. The van der Waals surface area contributed by atoms with E-state index in [2.05, 4.69) is 18.8 Å². The second-order valence-electron chi connectivity index (χ2n) is 1.38. The monoisotopic (exact) mass is 104 g/mol. The molecular weight excluding hydrogens is 96.1 g/mol. The Kier molecular flexibility index (Phi) is 5.82. The molecule has 40 valence electrons. The van der Waals surface area contributed by atoms with E-state index in [-0.39, 0.29) is 0 Å². The van der Waals surface area contributed by atoms with Crippen molar-refractivity contribution in [3.63, 3.8) is 0 Å². The molecule has 0 aromatic rings. The molecule has 0 aliphatic carbocycles. The van der Waals surface area contributed by atoms with Gasteiger partial charge in [-0.25, -0.2) is 0 Å². The summed E-state index contributed by atoms with van der Waals surface area (Å²) < 4.78 is 0. The maximum atomic E-state index is 6.40. The number of hydrogen-bond acceptors (Lipinski definition) is 0. The Balaban J connectivity index is 3.06. The first kappa shape index (κ1) is 7.34. The molecule has 0 saturated carbocycles. The molecule has 0 heteroatoms. The average Bonchev–Trinajstić information content (AvgIpc) is 1.81. The van der Waals surface area contributed by atoms with Crippen molar-refractivity contribution in [2.24, 2.45) is 0 Å². The third-order valence-corrected chi connectivity index (χ3v) is 0.703. The number of unbranched alkanes of at least 4 members (excludes halogenated alkanes) is 2. The Labute approximate surface area is 51.3 Å². The zero-order valence-corrected chi connectivity index (χ0v) is 4.83. The fourth-order valence-electron chi connectivity index (χ4n) is 0.320. The fraction of sp³-hybridized carbons (Fsp3) is 0.375. The summed E-state index contributed by atoms with van der Waals surface area (Å²) in [5.74, 6) is 7.16. The van der Waals surface area contributed by atoms with Gasteiger partial charge in [0, 0.05) is 0 Å². The standard InChI is InChI=1S/C8H8/c1-3-5-7-8-6-4-2/h1,3,5,7H2. The van der Waals surface area contributed by atoms with E-state index in [4.69, 9.17) is 6.42 Å². The molecule has 0 saturated heterocycles. The van der Waals surface area contributed by atoms with Crippen molar-refractivity contribution >= 4 is 0 Å². The van der Waals surface area contributed by atoms with Gasteiger partial charge >= 0.3 is 50.4 Å². The minimum absolute atomic E-state index is 0.843. The minimum atomic E-state index is 0.843. The van der Waals surface area contributed by atoms with Gasteiger partial charge in [-0.15, -0.1) is 0 Å². The SMILES string of the molecule is [C+]#CC#CCCC[CH2-]. The zero-order valence-electron chi connectivity index (χ0n) is 4.83. The van der Waals surface area contributed by atoms with Crippen LogP contribution >= 0.6 is 0 Å². The molecule has 0 amide bonds. The van der Waals surface area contributed by atoms with Crippen LogP contribution in [0.3, 0.4) is 0 Å². The first-order valence-corrected chi connectivity index (χ1v) is 2.60. The normalized spacial score (nSPS) is 6.88. The van der Waals surface area contributed by atoms with Crippen LogP contribution in [0.1, 0.15) is 19.3 Å². The van der Waals surface area contributed by atoms with Crippen LogP contribution in [0.2, 0.25) is 0 Å². The van der Waals surface area contributed by atoms with Gasteiger partial charge in [-0.1, -0.05) is 0 Å². The molecule has 0 fully saturated rings. The quantitative estimate of drug-likeness (QED) is 0.283. The molecule has 0 radical (unpaired) electrons. The van der Waals surface area contributed by atoms with Crippen molar-refractivity contribution in [2.45, 2.75) is 19.3 Å². The van der Waals surface area contributed by atoms with Crippen molar-refractivity contribution < 1.29 is 0 Å². The van der Waals surface area contributed by atoms with Crippen molar-refractivity contribution in [3.05, 3.63) is 13.3 Å². The molecule has 0 unspecified atom stereocenters. The molecule has 0 atom stereocenters. The topological polar surface area (TPSA) is 0 Å². The van der Waals surface area contributed by atoms with Crippen LogP contribution in [0.25, 0.3) is 0 Å². The molecule has 0 bridgehead atoms. The molecule has 0 aliphatic rings. The Morgan fingerprint density at radius 1 is 1.50 bits per heavy atom. The van der Waals surface area contributed by atoms with Gasteiger partial charge in [-0.2, -0.15) is 0 Å². The van der Waals surface area contributed by atoms with Gasteiger partial charge < -0.3 is 0 Å². The van der Waals surface area contributed by atoms with Crippen LogP contribution in [0.5, 0.6) is 0 Å².